The fourth-order valence-electron chi connectivity index (χ4n) is 2.63. The lowest BCUT2D eigenvalue weighted by molar-refractivity contribution is -0.118. The molecule has 0 aliphatic carbocycles. The second-order valence-electron chi connectivity index (χ2n) is 6.12. The highest BCUT2D eigenvalue weighted by Gasteiger charge is 2.16. The lowest BCUT2D eigenvalue weighted by atomic mass is 10.1. The van der Waals surface area contributed by atoms with Gasteiger partial charge in [-0.25, -0.2) is 8.42 Å². The van der Waals surface area contributed by atoms with Crippen molar-refractivity contribution >= 4 is 15.7 Å². The largest absolute Gasteiger partial charge is 0.355 e. The Morgan fingerprint density at radius 1 is 0.800 bits per heavy atom. The van der Waals surface area contributed by atoms with Gasteiger partial charge in [0.2, 0.25) is 5.91 Å². The Labute approximate surface area is 150 Å². The molecule has 0 fully saturated rings. The standard InChI is InChI=1S/C20H25NO3S/c22-20(21-15-7-13-18-9-3-1-4-10-18)17-25(23,24)16-8-14-19-11-5-2-6-12-19/h1-6,9-12H,7-8,13-17H2,(H,21,22). The van der Waals surface area contributed by atoms with Gasteiger partial charge in [0.1, 0.15) is 5.75 Å². The number of aryl methyl sites for hydroxylation is 2. The van der Waals surface area contributed by atoms with E-state index in [4.69, 9.17) is 0 Å². The van der Waals surface area contributed by atoms with Gasteiger partial charge in [0.15, 0.2) is 9.84 Å². The van der Waals surface area contributed by atoms with Crippen LogP contribution in [0.5, 0.6) is 0 Å². The molecule has 2 aromatic rings. The predicted octanol–water partition coefficient (Wildman–Crippen LogP) is 2.78. The molecule has 4 nitrogen and oxygen atoms in total. The second-order valence-corrected chi connectivity index (χ2v) is 8.30. The Bertz CT molecular complexity index is 743. The number of carbonyl (C=O) groups is 1. The highest BCUT2D eigenvalue weighted by Crippen LogP contribution is 2.05. The first-order valence-corrected chi connectivity index (χ1v) is 10.4. The summed E-state index contributed by atoms with van der Waals surface area (Å²) in [6.07, 6.45) is 2.90. The van der Waals surface area contributed by atoms with Crippen LogP contribution in [0, 0.1) is 0 Å². The predicted molar refractivity (Wildman–Crippen MR) is 101 cm³/mol. The van der Waals surface area contributed by atoms with Crippen LogP contribution in [0.1, 0.15) is 24.0 Å². The summed E-state index contributed by atoms with van der Waals surface area (Å²) in [6, 6.07) is 19.8. The maximum absolute atomic E-state index is 12.0. The summed E-state index contributed by atoms with van der Waals surface area (Å²) in [5, 5.41) is 2.70. The Balaban J connectivity index is 1.63. The smallest absolute Gasteiger partial charge is 0.235 e. The molecule has 134 valence electrons. The van der Waals surface area contributed by atoms with E-state index in [1.807, 2.05) is 60.7 Å². The molecule has 5 heteroatoms. The van der Waals surface area contributed by atoms with E-state index < -0.39 is 21.5 Å². The molecule has 0 bridgehead atoms. The van der Waals surface area contributed by atoms with Crippen LogP contribution in [0.15, 0.2) is 60.7 Å². The van der Waals surface area contributed by atoms with Crippen LogP contribution in [0.3, 0.4) is 0 Å². The Morgan fingerprint density at radius 2 is 1.32 bits per heavy atom. The van der Waals surface area contributed by atoms with Crippen molar-refractivity contribution in [2.24, 2.45) is 0 Å². The molecular weight excluding hydrogens is 334 g/mol. The zero-order valence-electron chi connectivity index (χ0n) is 14.4. The molecule has 0 saturated heterocycles. The van der Waals surface area contributed by atoms with E-state index in [1.165, 1.54) is 5.56 Å². The molecule has 0 aliphatic rings. The van der Waals surface area contributed by atoms with Crippen molar-refractivity contribution in [2.45, 2.75) is 25.7 Å². The summed E-state index contributed by atoms with van der Waals surface area (Å²) >= 11 is 0. The van der Waals surface area contributed by atoms with E-state index in [2.05, 4.69) is 5.32 Å². The quantitative estimate of drug-likeness (QED) is 0.664. The molecule has 1 N–H and O–H groups in total. The summed E-state index contributed by atoms with van der Waals surface area (Å²) in [7, 11) is -3.35. The van der Waals surface area contributed by atoms with Gasteiger partial charge < -0.3 is 5.32 Å². The van der Waals surface area contributed by atoms with Gasteiger partial charge in [-0.15, -0.1) is 0 Å². The van der Waals surface area contributed by atoms with Gasteiger partial charge >= 0.3 is 0 Å². The van der Waals surface area contributed by atoms with Crippen LogP contribution in [0.2, 0.25) is 0 Å². The number of hydrogen-bond donors (Lipinski definition) is 1. The molecule has 0 atom stereocenters. The minimum Gasteiger partial charge on any atom is -0.355 e. The third-order valence-electron chi connectivity index (χ3n) is 3.92. The van der Waals surface area contributed by atoms with Crippen molar-refractivity contribution in [1.82, 2.24) is 5.32 Å². The SMILES string of the molecule is O=C(CS(=O)(=O)CCCc1ccccc1)NCCCc1ccccc1. The molecule has 0 aromatic heterocycles. The molecule has 0 aliphatic heterocycles. The van der Waals surface area contributed by atoms with Gasteiger partial charge in [0.25, 0.3) is 0 Å². The van der Waals surface area contributed by atoms with Crippen molar-refractivity contribution in [3.8, 4) is 0 Å². The molecule has 0 saturated carbocycles. The lowest BCUT2D eigenvalue weighted by Gasteiger charge is -2.07. The minimum atomic E-state index is -3.35. The molecule has 0 unspecified atom stereocenters. The topological polar surface area (TPSA) is 63.2 Å². The van der Waals surface area contributed by atoms with Crippen molar-refractivity contribution in [2.75, 3.05) is 18.1 Å². The number of hydrogen-bond acceptors (Lipinski definition) is 3. The maximum Gasteiger partial charge on any atom is 0.235 e. The molecular formula is C20H25NO3S. The van der Waals surface area contributed by atoms with Crippen molar-refractivity contribution in [1.29, 1.82) is 0 Å². The third kappa shape index (κ3) is 7.98. The Hall–Kier alpha value is -2.14. The highest BCUT2D eigenvalue weighted by molar-refractivity contribution is 7.92. The van der Waals surface area contributed by atoms with E-state index in [-0.39, 0.29) is 5.75 Å². The summed E-state index contributed by atoms with van der Waals surface area (Å²) in [4.78, 5) is 11.8. The van der Waals surface area contributed by atoms with Crippen LogP contribution >= 0.6 is 0 Å². The van der Waals surface area contributed by atoms with Gasteiger partial charge in [-0.2, -0.15) is 0 Å². The van der Waals surface area contributed by atoms with E-state index >= 15 is 0 Å². The third-order valence-corrected chi connectivity index (χ3v) is 5.53. The van der Waals surface area contributed by atoms with Gasteiger partial charge in [-0.05, 0) is 36.8 Å². The first-order valence-electron chi connectivity index (χ1n) is 8.60. The minimum absolute atomic E-state index is 0.0410. The Morgan fingerprint density at radius 3 is 1.88 bits per heavy atom. The maximum atomic E-state index is 12.0. The first kappa shape index (κ1) is 19.2. The van der Waals surface area contributed by atoms with Crippen molar-refractivity contribution in [3.05, 3.63) is 71.8 Å². The molecule has 2 aromatic carbocycles. The van der Waals surface area contributed by atoms with Crippen LogP contribution in [0.25, 0.3) is 0 Å². The summed E-state index contributed by atoms with van der Waals surface area (Å²) in [5.41, 5.74) is 2.33. The highest BCUT2D eigenvalue weighted by atomic mass is 32.2. The first-order chi connectivity index (χ1) is 12.1. The fraction of sp³-hybridized carbons (Fsp3) is 0.350. The molecule has 0 heterocycles. The molecule has 1 amide bonds. The zero-order valence-corrected chi connectivity index (χ0v) is 15.2. The summed E-state index contributed by atoms with van der Waals surface area (Å²) in [5.74, 6) is -0.792. The number of sulfone groups is 1. The zero-order chi connectivity index (χ0) is 18.0. The van der Waals surface area contributed by atoms with Crippen LogP contribution in [0.4, 0.5) is 0 Å². The average Bonchev–Trinajstić information content (AvgIpc) is 2.60. The van der Waals surface area contributed by atoms with Gasteiger partial charge in [0.05, 0.1) is 5.75 Å². The van der Waals surface area contributed by atoms with E-state index in [0.29, 0.717) is 19.4 Å². The fourth-order valence-corrected chi connectivity index (χ4v) is 3.86. The van der Waals surface area contributed by atoms with E-state index in [9.17, 15) is 13.2 Å². The molecule has 0 spiro atoms. The van der Waals surface area contributed by atoms with Crippen LogP contribution in [-0.2, 0) is 27.5 Å². The molecule has 0 radical (unpaired) electrons. The summed E-state index contributed by atoms with van der Waals surface area (Å²) in [6.45, 7) is 0.493. The van der Waals surface area contributed by atoms with Gasteiger partial charge in [-0.1, -0.05) is 60.7 Å². The Kier molecular flexibility index (Phi) is 7.67. The van der Waals surface area contributed by atoms with Crippen molar-refractivity contribution < 1.29 is 13.2 Å². The van der Waals surface area contributed by atoms with Crippen LogP contribution in [-0.4, -0.2) is 32.4 Å². The van der Waals surface area contributed by atoms with Gasteiger partial charge in [0, 0.05) is 6.54 Å². The lowest BCUT2D eigenvalue weighted by Crippen LogP contribution is -2.32. The van der Waals surface area contributed by atoms with E-state index in [1.54, 1.807) is 0 Å². The number of nitrogens with one attached hydrogen (secondary N) is 1. The number of benzene rings is 2. The molecule has 2 rings (SSSR count). The summed E-state index contributed by atoms with van der Waals surface area (Å²) < 4.78 is 24.0. The normalized spacial score (nSPS) is 11.2. The molecule has 25 heavy (non-hydrogen) atoms. The van der Waals surface area contributed by atoms with Gasteiger partial charge in [-0.3, -0.25) is 4.79 Å². The van der Waals surface area contributed by atoms with Crippen molar-refractivity contribution in [3.63, 3.8) is 0 Å². The number of amides is 1. The number of rotatable bonds is 10. The number of carbonyl (C=O) groups excluding carboxylic acids is 1. The van der Waals surface area contributed by atoms with Crippen LogP contribution < -0.4 is 5.32 Å². The van der Waals surface area contributed by atoms with E-state index in [0.717, 1.165) is 18.4 Å². The second kappa shape index (κ2) is 9.99. The average molecular weight is 359 g/mol. The monoisotopic (exact) mass is 359 g/mol.